The topological polar surface area (TPSA) is 19.6 Å². The van der Waals surface area contributed by atoms with Gasteiger partial charge in [-0.05, 0) is 110 Å². The van der Waals surface area contributed by atoms with Gasteiger partial charge in [0.25, 0.3) is 0 Å². The quantitative estimate of drug-likeness (QED) is 0.165. The summed E-state index contributed by atoms with van der Waals surface area (Å²) in [6, 6.07) is 61.4. The van der Waals surface area contributed by atoms with E-state index in [2.05, 4.69) is 215 Å². The van der Waals surface area contributed by atoms with E-state index in [0.717, 1.165) is 38.9 Å². The lowest BCUT2D eigenvalue weighted by atomic mass is 9.43. The Morgan fingerprint density at radius 1 is 0.500 bits per heavy atom. The van der Waals surface area contributed by atoms with E-state index in [1.807, 2.05) is 22.7 Å². The van der Waals surface area contributed by atoms with Crippen molar-refractivity contribution in [2.75, 3.05) is 9.71 Å². The molecule has 308 valence electrons. The summed E-state index contributed by atoms with van der Waals surface area (Å²) in [5.74, 6) is 0. The molecule has 0 spiro atoms. The average Bonchev–Trinajstić information content (AvgIpc) is 4.00. The molecule has 0 unspecified atom stereocenters. The average molecular weight is 861 g/mol. The van der Waals surface area contributed by atoms with Crippen molar-refractivity contribution >= 4 is 120 Å². The normalized spacial score (nSPS) is 13.7. The summed E-state index contributed by atoms with van der Waals surface area (Å²) in [4.78, 5) is 5.32. The van der Waals surface area contributed by atoms with Gasteiger partial charge in [-0.3, -0.25) is 0 Å². The van der Waals surface area contributed by atoms with Crippen LogP contribution in [-0.2, 0) is 10.8 Å². The lowest BCUT2D eigenvalue weighted by Crippen LogP contribution is -2.61. The highest BCUT2D eigenvalue weighted by Gasteiger charge is 2.49. The Balaban J connectivity index is 1.24. The summed E-state index contributed by atoms with van der Waals surface area (Å²) in [7, 11) is 0. The zero-order chi connectivity index (χ0) is 43.2. The number of furan rings is 1. The number of para-hydroxylation sites is 1. The molecule has 0 radical (unpaired) electrons. The third-order valence-corrected chi connectivity index (χ3v) is 16.1. The van der Waals surface area contributed by atoms with Crippen LogP contribution in [0, 0.1) is 0 Å². The van der Waals surface area contributed by atoms with E-state index < -0.39 is 0 Å². The van der Waals surface area contributed by atoms with Crippen molar-refractivity contribution in [3.05, 3.63) is 175 Å². The molecule has 6 heteroatoms. The smallest absolute Gasteiger partial charge is 0.334 e. The van der Waals surface area contributed by atoms with E-state index in [1.165, 1.54) is 85.4 Å². The highest BCUT2D eigenvalue weighted by Crippen LogP contribution is 2.56. The predicted molar refractivity (Wildman–Crippen MR) is 279 cm³/mol. The van der Waals surface area contributed by atoms with E-state index in [9.17, 15) is 0 Å². The first-order valence-electron chi connectivity index (χ1n) is 22.4. The minimum Gasteiger partial charge on any atom is -0.455 e. The molecule has 0 saturated carbocycles. The molecule has 0 atom stereocenters. The van der Waals surface area contributed by atoms with Crippen LogP contribution in [0.3, 0.4) is 0 Å². The molecule has 5 heterocycles. The van der Waals surface area contributed by atoms with Crippen LogP contribution in [0.2, 0.25) is 0 Å². The molecule has 2 aliphatic heterocycles. The molecule has 2 aliphatic rings. The molecule has 0 bridgehead atoms. The van der Waals surface area contributed by atoms with Gasteiger partial charge in [0.05, 0.1) is 21.1 Å². The summed E-state index contributed by atoms with van der Waals surface area (Å²) < 4.78 is 11.0. The molecular formula is C58H45BN2OS2. The largest absolute Gasteiger partial charge is 0.455 e. The van der Waals surface area contributed by atoms with E-state index in [-0.39, 0.29) is 17.7 Å². The third-order valence-electron chi connectivity index (χ3n) is 13.8. The maximum absolute atomic E-state index is 7.09. The van der Waals surface area contributed by atoms with Gasteiger partial charge in [0, 0.05) is 53.4 Å². The summed E-state index contributed by atoms with van der Waals surface area (Å²) in [6.07, 6.45) is 0. The lowest BCUT2D eigenvalue weighted by molar-refractivity contribution is 0.590. The predicted octanol–water partition coefficient (Wildman–Crippen LogP) is 16.1. The number of hydrogen-bond acceptors (Lipinski definition) is 5. The standard InChI is InChI=1S/C58H45BN2OS2/c1-57(2,3)35-24-27-37(28-25-35)61-46-31-29-40-38-18-10-13-21-47(38)62-54(40)50(46)44-33-43-39-19-11-14-22-48(39)63-55(43)53-51(44)59(61)52-41-20-12-15-23-49(41)64-56(52)60(53)45-30-26-36(58(4,5)6)32-42(45)34-16-8-7-9-17-34/h7-33H,1-6H3. The lowest BCUT2D eigenvalue weighted by Gasteiger charge is -2.45. The third kappa shape index (κ3) is 5.39. The Bertz CT molecular complexity index is 3710. The second kappa shape index (κ2) is 13.5. The van der Waals surface area contributed by atoms with Crippen LogP contribution in [-0.4, -0.2) is 6.85 Å². The van der Waals surface area contributed by atoms with E-state index in [0.29, 0.717) is 0 Å². The molecule has 3 nitrogen and oxygen atoms in total. The van der Waals surface area contributed by atoms with Gasteiger partial charge < -0.3 is 14.1 Å². The van der Waals surface area contributed by atoms with Gasteiger partial charge in [0.2, 0.25) is 0 Å². The molecule has 0 N–H and O–H groups in total. The van der Waals surface area contributed by atoms with Gasteiger partial charge >= 0.3 is 6.85 Å². The molecule has 3 aromatic heterocycles. The minimum atomic E-state index is -0.133. The molecule has 13 rings (SSSR count). The number of nitrogens with zero attached hydrogens (tertiary/aromatic N) is 2. The van der Waals surface area contributed by atoms with Gasteiger partial charge in [-0.25, -0.2) is 0 Å². The molecule has 64 heavy (non-hydrogen) atoms. The Morgan fingerprint density at radius 3 is 1.89 bits per heavy atom. The van der Waals surface area contributed by atoms with Crippen molar-refractivity contribution < 1.29 is 4.42 Å². The Morgan fingerprint density at radius 2 is 1.14 bits per heavy atom. The number of benzene rings is 8. The van der Waals surface area contributed by atoms with Crippen LogP contribution in [0.4, 0.5) is 27.8 Å². The van der Waals surface area contributed by atoms with E-state index in [1.54, 1.807) is 0 Å². The van der Waals surface area contributed by atoms with Crippen molar-refractivity contribution in [1.82, 2.24) is 0 Å². The molecule has 0 saturated heterocycles. The fraction of sp³-hybridized carbons (Fsp3) is 0.138. The Kier molecular flexibility index (Phi) is 7.98. The maximum atomic E-state index is 7.09. The number of rotatable bonds is 3. The first kappa shape index (κ1) is 37.9. The zero-order valence-corrected chi connectivity index (χ0v) is 38.4. The van der Waals surface area contributed by atoms with Gasteiger partial charge in [0.15, 0.2) is 0 Å². The first-order chi connectivity index (χ1) is 31.0. The van der Waals surface area contributed by atoms with Crippen molar-refractivity contribution in [3.63, 3.8) is 0 Å². The van der Waals surface area contributed by atoms with E-state index >= 15 is 0 Å². The second-order valence-corrected chi connectivity index (χ2v) is 21.7. The van der Waals surface area contributed by atoms with Gasteiger partial charge in [0.1, 0.15) is 11.2 Å². The van der Waals surface area contributed by atoms with Crippen molar-refractivity contribution in [1.29, 1.82) is 0 Å². The summed E-state index contributed by atoms with van der Waals surface area (Å²) in [5.41, 5.74) is 16.7. The Labute approximate surface area is 381 Å². The summed E-state index contributed by atoms with van der Waals surface area (Å²) in [5, 5.41) is 7.39. The Hall–Kier alpha value is -6.60. The molecule has 0 fully saturated rings. The molecular weight excluding hydrogens is 816 g/mol. The fourth-order valence-electron chi connectivity index (χ4n) is 10.6. The zero-order valence-electron chi connectivity index (χ0n) is 36.8. The van der Waals surface area contributed by atoms with Crippen LogP contribution < -0.4 is 20.6 Å². The van der Waals surface area contributed by atoms with Gasteiger partial charge in [-0.2, -0.15) is 0 Å². The highest BCUT2D eigenvalue weighted by atomic mass is 32.1. The monoisotopic (exact) mass is 860 g/mol. The summed E-state index contributed by atoms with van der Waals surface area (Å²) >= 11 is 3.84. The van der Waals surface area contributed by atoms with Crippen molar-refractivity contribution in [2.45, 2.75) is 52.4 Å². The number of fused-ring (bicyclic) bond motifs is 14. The molecule has 8 aromatic carbocycles. The SMILES string of the molecule is CC(C)(C)c1ccc(N2B3c4c(cc5c(sc6ccccc65)c4N(c4ccc(C(C)(C)C)cc4-c4ccccc4)c4sc5ccccc5c43)-c3c2ccc2c3oc3ccccc32)cc1. The minimum absolute atomic E-state index is 0.0202. The van der Waals surface area contributed by atoms with Crippen molar-refractivity contribution in [3.8, 4) is 22.3 Å². The second-order valence-electron chi connectivity index (χ2n) is 19.7. The maximum Gasteiger partial charge on any atom is 0.334 e. The fourth-order valence-corrected chi connectivity index (χ4v) is 13.1. The van der Waals surface area contributed by atoms with Crippen LogP contribution in [0.1, 0.15) is 52.7 Å². The highest BCUT2D eigenvalue weighted by molar-refractivity contribution is 7.28. The van der Waals surface area contributed by atoms with Crippen molar-refractivity contribution in [2.24, 2.45) is 0 Å². The molecule has 0 amide bonds. The molecule has 11 aromatic rings. The van der Waals surface area contributed by atoms with Gasteiger partial charge in [-0.15, -0.1) is 22.7 Å². The van der Waals surface area contributed by atoms with Crippen LogP contribution in [0.15, 0.2) is 168 Å². The number of hydrogen-bond donors (Lipinski definition) is 0. The van der Waals surface area contributed by atoms with E-state index in [4.69, 9.17) is 4.42 Å². The van der Waals surface area contributed by atoms with Gasteiger partial charge in [-0.1, -0.05) is 145 Å². The summed E-state index contributed by atoms with van der Waals surface area (Å²) in [6.45, 7) is 13.7. The van der Waals surface area contributed by atoms with Crippen LogP contribution in [0.5, 0.6) is 0 Å². The van der Waals surface area contributed by atoms with Crippen LogP contribution >= 0.6 is 22.7 Å². The van der Waals surface area contributed by atoms with Crippen LogP contribution in [0.25, 0.3) is 74.5 Å². The number of anilines is 5. The first-order valence-corrected chi connectivity index (χ1v) is 24.0. The number of thiophene rings is 2. The molecule has 0 aliphatic carbocycles.